The molecular formula is C17H26N2O3S. The highest BCUT2D eigenvalue weighted by Crippen LogP contribution is 2.25. The van der Waals surface area contributed by atoms with Gasteiger partial charge < -0.3 is 5.32 Å². The molecule has 23 heavy (non-hydrogen) atoms. The van der Waals surface area contributed by atoms with Crippen LogP contribution in [0.5, 0.6) is 0 Å². The molecule has 0 aromatic heterocycles. The van der Waals surface area contributed by atoms with Gasteiger partial charge in [-0.2, -0.15) is 4.31 Å². The third kappa shape index (κ3) is 4.12. The van der Waals surface area contributed by atoms with Crippen LogP contribution in [0.1, 0.15) is 49.5 Å². The van der Waals surface area contributed by atoms with Crippen molar-refractivity contribution >= 4 is 15.9 Å². The third-order valence-corrected chi connectivity index (χ3v) is 6.15. The van der Waals surface area contributed by atoms with Crippen LogP contribution in [-0.2, 0) is 10.0 Å². The maximum atomic E-state index is 12.8. The van der Waals surface area contributed by atoms with Crippen molar-refractivity contribution in [1.82, 2.24) is 9.62 Å². The fraction of sp³-hybridized carbons (Fsp3) is 0.588. The minimum absolute atomic E-state index is 0.00532. The summed E-state index contributed by atoms with van der Waals surface area (Å²) in [5, 5.41) is 2.82. The highest BCUT2D eigenvalue weighted by atomic mass is 32.2. The number of carbonyl (C=O) groups is 1. The number of piperidine rings is 1. The lowest BCUT2D eigenvalue weighted by molar-refractivity contribution is 0.0942. The van der Waals surface area contributed by atoms with E-state index in [4.69, 9.17) is 0 Å². The Hall–Kier alpha value is -1.40. The second kappa shape index (κ2) is 7.01. The lowest BCUT2D eigenvalue weighted by Crippen LogP contribution is -2.38. The number of nitrogens with one attached hydrogen (secondary N) is 1. The number of aryl methyl sites for hydroxylation is 1. The normalized spacial score (nSPS) is 17.4. The van der Waals surface area contributed by atoms with Crippen molar-refractivity contribution in [2.75, 3.05) is 13.1 Å². The largest absolute Gasteiger partial charge is 0.350 e. The van der Waals surface area contributed by atoms with Gasteiger partial charge >= 0.3 is 0 Å². The van der Waals surface area contributed by atoms with Crippen molar-refractivity contribution in [1.29, 1.82) is 0 Å². The summed E-state index contributed by atoms with van der Waals surface area (Å²) in [7, 11) is -3.53. The number of benzene rings is 1. The SMILES string of the molecule is Cc1ccc(S(=O)(=O)N2CCC(C)CC2)cc1C(=O)NC(C)C. The van der Waals surface area contributed by atoms with Crippen LogP contribution in [0.25, 0.3) is 0 Å². The van der Waals surface area contributed by atoms with Crippen LogP contribution < -0.4 is 5.32 Å². The molecule has 0 spiro atoms. The van der Waals surface area contributed by atoms with Crippen LogP contribution in [0, 0.1) is 12.8 Å². The number of sulfonamides is 1. The summed E-state index contributed by atoms with van der Waals surface area (Å²) < 4.78 is 27.1. The predicted octanol–water partition coefficient (Wildman–Crippen LogP) is 2.55. The van der Waals surface area contributed by atoms with Crippen molar-refractivity contribution in [3.63, 3.8) is 0 Å². The average molecular weight is 338 g/mol. The number of carbonyl (C=O) groups excluding carboxylic acids is 1. The van der Waals surface area contributed by atoms with Gasteiger partial charge in [0.1, 0.15) is 0 Å². The Bertz CT molecular complexity index is 675. The first kappa shape index (κ1) is 17.9. The molecule has 1 aromatic carbocycles. The van der Waals surface area contributed by atoms with Gasteiger partial charge in [-0.25, -0.2) is 8.42 Å². The van der Waals surface area contributed by atoms with Crippen molar-refractivity contribution in [3.05, 3.63) is 29.3 Å². The second-order valence-corrected chi connectivity index (χ2v) is 8.63. The Labute approximate surface area is 139 Å². The van der Waals surface area contributed by atoms with Crippen molar-refractivity contribution in [3.8, 4) is 0 Å². The molecule has 6 heteroatoms. The molecule has 1 aliphatic heterocycles. The van der Waals surface area contributed by atoms with E-state index in [1.54, 1.807) is 12.1 Å². The van der Waals surface area contributed by atoms with E-state index in [2.05, 4.69) is 12.2 Å². The van der Waals surface area contributed by atoms with Gasteiger partial charge in [0.05, 0.1) is 4.90 Å². The van der Waals surface area contributed by atoms with Crippen LogP contribution in [0.4, 0.5) is 0 Å². The van der Waals surface area contributed by atoms with E-state index in [9.17, 15) is 13.2 Å². The van der Waals surface area contributed by atoms with E-state index in [1.807, 2.05) is 20.8 Å². The minimum atomic E-state index is -3.53. The van der Waals surface area contributed by atoms with Crippen LogP contribution in [-0.4, -0.2) is 37.8 Å². The van der Waals surface area contributed by atoms with Gasteiger partial charge in [0, 0.05) is 24.7 Å². The topological polar surface area (TPSA) is 66.5 Å². The first-order valence-electron chi connectivity index (χ1n) is 8.13. The highest BCUT2D eigenvalue weighted by molar-refractivity contribution is 7.89. The van der Waals surface area contributed by atoms with Crippen LogP contribution in [0.15, 0.2) is 23.1 Å². The fourth-order valence-electron chi connectivity index (χ4n) is 2.72. The summed E-state index contributed by atoms with van der Waals surface area (Å²) in [4.78, 5) is 12.5. The molecule has 0 saturated carbocycles. The van der Waals surface area contributed by atoms with E-state index in [1.165, 1.54) is 10.4 Å². The zero-order chi connectivity index (χ0) is 17.2. The van der Waals surface area contributed by atoms with Gasteiger partial charge in [-0.3, -0.25) is 4.79 Å². The molecule has 1 fully saturated rings. The van der Waals surface area contributed by atoms with E-state index in [-0.39, 0.29) is 16.8 Å². The average Bonchev–Trinajstić information content (AvgIpc) is 2.47. The maximum Gasteiger partial charge on any atom is 0.251 e. The Morgan fingerprint density at radius 1 is 1.26 bits per heavy atom. The number of hydrogen-bond acceptors (Lipinski definition) is 3. The number of nitrogens with zero attached hydrogens (tertiary/aromatic N) is 1. The first-order chi connectivity index (χ1) is 10.7. The maximum absolute atomic E-state index is 12.8. The molecule has 2 rings (SSSR count). The Morgan fingerprint density at radius 3 is 2.43 bits per heavy atom. The van der Waals surface area contributed by atoms with Crippen LogP contribution in [0.2, 0.25) is 0 Å². The van der Waals surface area contributed by atoms with E-state index >= 15 is 0 Å². The first-order valence-corrected chi connectivity index (χ1v) is 9.57. The Morgan fingerprint density at radius 2 is 1.87 bits per heavy atom. The summed E-state index contributed by atoms with van der Waals surface area (Å²) >= 11 is 0. The molecule has 0 aliphatic carbocycles. The molecule has 5 nitrogen and oxygen atoms in total. The van der Waals surface area contributed by atoms with E-state index in [0.29, 0.717) is 24.6 Å². The Kier molecular flexibility index (Phi) is 5.47. The number of rotatable bonds is 4. The highest BCUT2D eigenvalue weighted by Gasteiger charge is 2.28. The zero-order valence-corrected chi connectivity index (χ0v) is 15.1. The zero-order valence-electron chi connectivity index (χ0n) is 14.3. The van der Waals surface area contributed by atoms with Crippen LogP contribution in [0.3, 0.4) is 0 Å². The summed E-state index contributed by atoms with van der Waals surface area (Å²) in [5.41, 5.74) is 1.19. The quantitative estimate of drug-likeness (QED) is 0.917. The molecule has 128 valence electrons. The lowest BCUT2D eigenvalue weighted by atomic mass is 10.0. The van der Waals surface area contributed by atoms with Gasteiger partial charge in [0.25, 0.3) is 5.91 Å². The van der Waals surface area contributed by atoms with Gasteiger partial charge in [-0.1, -0.05) is 13.0 Å². The van der Waals surface area contributed by atoms with Gasteiger partial charge in [0.2, 0.25) is 10.0 Å². The monoisotopic (exact) mass is 338 g/mol. The second-order valence-electron chi connectivity index (χ2n) is 6.69. The van der Waals surface area contributed by atoms with Gasteiger partial charge in [-0.05, 0) is 57.2 Å². The summed E-state index contributed by atoms with van der Waals surface area (Å²) in [6, 6.07) is 4.80. The summed E-state index contributed by atoms with van der Waals surface area (Å²) in [5.74, 6) is 0.327. The molecule has 1 amide bonds. The lowest BCUT2D eigenvalue weighted by Gasteiger charge is -2.29. The van der Waals surface area contributed by atoms with Crippen LogP contribution >= 0.6 is 0 Å². The van der Waals surface area contributed by atoms with Crippen molar-refractivity contribution in [2.45, 2.75) is 51.5 Å². The molecule has 0 atom stereocenters. The standard InChI is InChI=1S/C17H26N2O3S/c1-12(2)18-17(20)16-11-15(6-5-14(16)4)23(21,22)19-9-7-13(3)8-10-19/h5-6,11-13H,7-10H2,1-4H3,(H,18,20). The molecular weight excluding hydrogens is 312 g/mol. The molecule has 1 aliphatic rings. The molecule has 1 heterocycles. The van der Waals surface area contributed by atoms with E-state index in [0.717, 1.165) is 18.4 Å². The number of hydrogen-bond donors (Lipinski definition) is 1. The molecule has 1 saturated heterocycles. The molecule has 1 aromatic rings. The summed E-state index contributed by atoms with van der Waals surface area (Å²) in [6.07, 6.45) is 1.76. The molecule has 1 N–H and O–H groups in total. The third-order valence-electron chi connectivity index (χ3n) is 4.25. The fourth-order valence-corrected chi connectivity index (χ4v) is 4.22. The Balaban J connectivity index is 2.31. The minimum Gasteiger partial charge on any atom is -0.350 e. The van der Waals surface area contributed by atoms with Gasteiger partial charge in [-0.15, -0.1) is 0 Å². The molecule has 0 bridgehead atoms. The molecule has 0 unspecified atom stereocenters. The van der Waals surface area contributed by atoms with Crippen molar-refractivity contribution in [2.24, 2.45) is 5.92 Å². The van der Waals surface area contributed by atoms with Crippen molar-refractivity contribution < 1.29 is 13.2 Å². The molecule has 0 radical (unpaired) electrons. The predicted molar refractivity (Wildman–Crippen MR) is 90.9 cm³/mol. The number of amides is 1. The summed E-state index contributed by atoms with van der Waals surface area (Å²) in [6.45, 7) is 8.81. The van der Waals surface area contributed by atoms with E-state index < -0.39 is 10.0 Å². The van der Waals surface area contributed by atoms with Gasteiger partial charge in [0.15, 0.2) is 0 Å². The smallest absolute Gasteiger partial charge is 0.251 e.